The maximum atomic E-state index is 13.0. The molecule has 0 atom stereocenters. The Morgan fingerprint density at radius 3 is 2.65 bits per heavy atom. The molecular weight excluding hydrogens is 388 g/mol. The second-order valence-corrected chi connectivity index (χ2v) is 8.62. The van der Waals surface area contributed by atoms with Crippen LogP contribution in [-0.4, -0.2) is 36.3 Å². The predicted molar refractivity (Wildman–Crippen MR) is 123 cm³/mol. The number of hydrogen-bond donors (Lipinski definition) is 2. The smallest absolute Gasteiger partial charge is 0.273 e. The van der Waals surface area contributed by atoms with E-state index in [0.717, 1.165) is 60.1 Å². The number of aromatic nitrogens is 2. The highest BCUT2D eigenvalue weighted by atomic mass is 16.5. The van der Waals surface area contributed by atoms with Gasteiger partial charge in [-0.1, -0.05) is 6.92 Å². The molecule has 1 saturated heterocycles. The van der Waals surface area contributed by atoms with Crippen molar-refractivity contribution in [3.05, 3.63) is 59.3 Å². The van der Waals surface area contributed by atoms with Crippen LogP contribution in [0.2, 0.25) is 0 Å². The lowest BCUT2D eigenvalue weighted by atomic mass is 9.89. The zero-order valence-corrected chi connectivity index (χ0v) is 18.1. The van der Waals surface area contributed by atoms with Crippen LogP contribution >= 0.6 is 0 Å². The van der Waals surface area contributed by atoms with Crippen LogP contribution in [0.5, 0.6) is 5.75 Å². The molecule has 160 valence electrons. The summed E-state index contributed by atoms with van der Waals surface area (Å²) >= 11 is 0. The number of carbonyl (C=O) groups excluding carboxylic acids is 1. The summed E-state index contributed by atoms with van der Waals surface area (Å²) < 4.78 is 5.33. The van der Waals surface area contributed by atoms with E-state index in [9.17, 15) is 4.79 Å². The summed E-state index contributed by atoms with van der Waals surface area (Å²) in [5.74, 6) is 1.51. The molecule has 1 amide bonds. The highest BCUT2D eigenvalue weighted by Crippen LogP contribution is 2.35. The molecule has 1 aromatic heterocycles. The fraction of sp³-hybridized carbons (Fsp3) is 0.360. The molecule has 3 aromatic rings. The summed E-state index contributed by atoms with van der Waals surface area (Å²) in [6.07, 6.45) is 4.11. The Balaban J connectivity index is 1.31. The number of carbonyl (C=O) groups is 1. The Bertz CT molecular complexity index is 1100. The number of H-pyrrole nitrogens is 1. The first kappa shape index (κ1) is 19.7. The minimum Gasteiger partial charge on any atom is -0.497 e. The molecule has 2 N–H and O–H groups in total. The first-order chi connectivity index (χ1) is 15.1. The first-order valence-electron chi connectivity index (χ1n) is 11.0. The third-order valence-electron chi connectivity index (χ3n) is 6.58. The minimum atomic E-state index is -0.148. The average molecular weight is 417 g/mol. The molecule has 2 heterocycles. The van der Waals surface area contributed by atoms with E-state index in [1.165, 1.54) is 24.1 Å². The maximum Gasteiger partial charge on any atom is 0.273 e. The monoisotopic (exact) mass is 416 g/mol. The van der Waals surface area contributed by atoms with Crippen LogP contribution in [0.1, 0.15) is 41.4 Å². The summed E-state index contributed by atoms with van der Waals surface area (Å²) in [5, 5.41) is 10.5. The van der Waals surface area contributed by atoms with Gasteiger partial charge in [0.2, 0.25) is 0 Å². The van der Waals surface area contributed by atoms with Gasteiger partial charge in [0, 0.05) is 35.6 Å². The second-order valence-electron chi connectivity index (χ2n) is 8.62. The molecule has 1 aliphatic carbocycles. The van der Waals surface area contributed by atoms with Crippen LogP contribution in [0.4, 0.5) is 11.4 Å². The van der Waals surface area contributed by atoms with Crippen LogP contribution in [0.3, 0.4) is 0 Å². The Morgan fingerprint density at radius 2 is 1.90 bits per heavy atom. The molecule has 5 rings (SSSR count). The molecule has 0 spiro atoms. The van der Waals surface area contributed by atoms with Crippen molar-refractivity contribution < 1.29 is 9.53 Å². The van der Waals surface area contributed by atoms with Gasteiger partial charge in [-0.3, -0.25) is 9.89 Å². The summed E-state index contributed by atoms with van der Waals surface area (Å²) in [5.41, 5.74) is 6.67. The lowest BCUT2D eigenvalue weighted by molar-refractivity contribution is 0.102. The number of nitrogens with zero attached hydrogens (tertiary/aromatic N) is 2. The van der Waals surface area contributed by atoms with Crippen molar-refractivity contribution in [1.29, 1.82) is 0 Å². The number of piperidine rings is 1. The van der Waals surface area contributed by atoms with E-state index >= 15 is 0 Å². The highest BCUT2D eigenvalue weighted by molar-refractivity contribution is 6.05. The van der Waals surface area contributed by atoms with Gasteiger partial charge < -0.3 is 15.0 Å². The van der Waals surface area contributed by atoms with Gasteiger partial charge in [-0.2, -0.15) is 5.10 Å². The van der Waals surface area contributed by atoms with Crippen molar-refractivity contribution in [3.63, 3.8) is 0 Å². The quantitative estimate of drug-likeness (QED) is 0.648. The van der Waals surface area contributed by atoms with E-state index in [2.05, 4.69) is 45.5 Å². The summed E-state index contributed by atoms with van der Waals surface area (Å²) in [6.45, 7) is 4.51. The van der Waals surface area contributed by atoms with Crippen molar-refractivity contribution in [3.8, 4) is 17.0 Å². The SMILES string of the molecule is COc1ccc2c(c1)CCc1c-2n[nH]c1C(=O)Nc1ccc(N2CCC(C)CC2)cc1. The molecule has 1 aliphatic heterocycles. The molecule has 1 fully saturated rings. The lowest BCUT2D eigenvalue weighted by Crippen LogP contribution is -2.32. The van der Waals surface area contributed by atoms with E-state index in [-0.39, 0.29) is 5.91 Å². The Morgan fingerprint density at radius 1 is 1.13 bits per heavy atom. The third kappa shape index (κ3) is 3.78. The van der Waals surface area contributed by atoms with Crippen LogP contribution in [0.15, 0.2) is 42.5 Å². The fourth-order valence-corrected chi connectivity index (χ4v) is 4.63. The van der Waals surface area contributed by atoms with Crippen LogP contribution < -0.4 is 15.0 Å². The Kier molecular flexibility index (Phi) is 5.14. The fourth-order valence-electron chi connectivity index (χ4n) is 4.63. The van der Waals surface area contributed by atoms with Gasteiger partial charge in [-0.25, -0.2) is 0 Å². The van der Waals surface area contributed by atoms with Crippen molar-refractivity contribution in [2.45, 2.75) is 32.6 Å². The molecule has 0 unspecified atom stereocenters. The van der Waals surface area contributed by atoms with E-state index in [0.29, 0.717) is 5.69 Å². The number of methoxy groups -OCH3 is 1. The normalized spacial score (nSPS) is 15.9. The first-order valence-corrected chi connectivity index (χ1v) is 11.0. The maximum absolute atomic E-state index is 13.0. The molecular formula is C25H28N4O2. The number of aromatic amines is 1. The zero-order chi connectivity index (χ0) is 21.4. The molecule has 31 heavy (non-hydrogen) atoms. The molecule has 6 heteroatoms. The number of anilines is 2. The average Bonchev–Trinajstić information content (AvgIpc) is 3.24. The van der Waals surface area contributed by atoms with Gasteiger partial charge in [0.05, 0.1) is 12.8 Å². The number of nitrogens with one attached hydrogen (secondary N) is 2. The van der Waals surface area contributed by atoms with Gasteiger partial charge in [-0.15, -0.1) is 0 Å². The van der Waals surface area contributed by atoms with Crippen molar-refractivity contribution in [2.24, 2.45) is 5.92 Å². The lowest BCUT2D eigenvalue weighted by Gasteiger charge is -2.32. The van der Waals surface area contributed by atoms with Crippen molar-refractivity contribution >= 4 is 17.3 Å². The number of aryl methyl sites for hydroxylation is 1. The van der Waals surface area contributed by atoms with E-state index in [1.807, 2.05) is 24.3 Å². The number of hydrogen-bond acceptors (Lipinski definition) is 4. The third-order valence-corrected chi connectivity index (χ3v) is 6.58. The van der Waals surface area contributed by atoms with E-state index in [4.69, 9.17) is 4.74 Å². The molecule has 0 saturated carbocycles. The van der Waals surface area contributed by atoms with Crippen molar-refractivity contribution in [1.82, 2.24) is 10.2 Å². The Labute approximate surface area is 182 Å². The van der Waals surface area contributed by atoms with E-state index in [1.54, 1.807) is 7.11 Å². The van der Waals surface area contributed by atoms with Crippen LogP contribution in [0.25, 0.3) is 11.3 Å². The van der Waals surface area contributed by atoms with Crippen LogP contribution in [0, 0.1) is 5.92 Å². The largest absolute Gasteiger partial charge is 0.497 e. The standard InChI is InChI=1S/C25H28N4O2/c1-16-11-13-29(14-12-16)19-6-4-18(5-7-19)26-25(30)24-22-9-3-17-15-20(31-2)8-10-21(17)23(22)27-28-24/h4-8,10,15-16H,3,9,11-14H2,1-2H3,(H,26,30)(H,27,28). The predicted octanol–water partition coefficient (Wildman–Crippen LogP) is 4.67. The zero-order valence-electron chi connectivity index (χ0n) is 18.1. The number of amides is 1. The molecule has 2 aliphatic rings. The number of rotatable bonds is 4. The topological polar surface area (TPSA) is 70.2 Å². The van der Waals surface area contributed by atoms with Gasteiger partial charge in [0.25, 0.3) is 5.91 Å². The summed E-state index contributed by atoms with van der Waals surface area (Å²) in [6, 6.07) is 14.2. The van der Waals surface area contributed by atoms with Gasteiger partial charge >= 0.3 is 0 Å². The molecule has 0 radical (unpaired) electrons. The highest BCUT2D eigenvalue weighted by Gasteiger charge is 2.25. The molecule has 2 aromatic carbocycles. The summed E-state index contributed by atoms with van der Waals surface area (Å²) in [4.78, 5) is 15.4. The molecule has 0 bridgehead atoms. The van der Waals surface area contributed by atoms with Gasteiger partial charge in [0.1, 0.15) is 11.4 Å². The van der Waals surface area contributed by atoms with Crippen molar-refractivity contribution in [2.75, 3.05) is 30.4 Å². The summed E-state index contributed by atoms with van der Waals surface area (Å²) in [7, 11) is 1.67. The number of fused-ring (bicyclic) bond motifs is 3. The second kappa shape index (κ2) is 8.10. The van der Waals surface area contributed by atoms with E-state index < -0.39 is 0 Å². The number of ether oxygens (including phenoxy) is 1. The molecule has 6 nitrogen and oxygen atoms in total. The Hall–Kier alpha value is -3.28. The minimum absolute atomic E-state index is 0.148. The number of benzene rings is 2. The van der Waals surface area contributed by atoms with Crippen LogP contribution in [-0.2, 0) is 12.8 Å². The van der Waals surface area contributed by atoms with Gasteiger partial charge in [-0.05, 0) is 79.6 Å². The van der Waals surface area contributed by atoms with Gasteiger partial charge in [0.15, 0.2) is 0 Å².